The minimum atomic E-state index is 0.0696. The average molecular weight is 156 g/mol. The highest BCUT2D eigenvalue weighted by molar-refractivity contribution is 5.80. The second-order valence-corrected chi connectivity index (χ2v) is 2.86. The van der Waals surface area contributed by atoms with Gasteiger partial charge in [0.05, 0.1) is 0 Å². The van der Waals surface area contributed by atoms with Crippen LogP contribution in [-0.4, -0.2) is 12.1 Å². The van der Waals surface area contributed by atoms with Crippen molar-refractivity contribution < 1.29 is 9.59 Å². The van der Waals surface area contributed by atoms with Gasteiger partial charge in [-0.3, -0.25) is 4.79 Å². The number of ketones is 1. The first-order valence-corrected chi connectivity index (χ1v) is 4.18. The molecule has 1 unspecified atom stereocenters. The van der Waals surface area contributed by atoms with Gasteiger partial charge in [0.25, 0.3) is 0 Å². The first-order valence-electron chi connectivity index (χ1n) is 4.18. The Hall–Kier alpha value is -0.660. The normalized spacial score (nSPS) is 12.5. The molecule has 0 aliphatic carbocycles. The minimum absolute atomic E-state index is 0.0696. The lowest BCUT2D eigenvalue weighted by molar-refractivity contribution is -0.122. The zero-order valence-corrected chi connectivity index (χ0v) is 7.30. The van der Waals surface area contributed by atoms with Gasteiger partial charge >= 0.3 is 0 Å². The number of aldehydes is 1. The number of rotatable bonds is 6. The highest BCUT2D eigenvalue weighted by Gasteiger charge is 2.10. The monoisotopic (exact) mass is 156 g/mol. The molecule has 0 fully saturated rings. The minimum Gasteiger partial charge on any atom is -0.303 e. The number of hydrogen-bond donors (Lipinski definition) is 0. The van der Waals surface area contributed by atoms with Crippen LogP contribution in [0.5, 0.6) is 0 Å². The molecular weight excluding hydrogens is 140 g/mol. The number of carbonyl (C=O) groups is 2. The van der Waals surface area contributed by atoms with Gasteiger partial charge in [0.1, 0.15) is 12.1 Å². The summed E-state index contributed by atoms with van der Waals surface area (Å²) in [6, 6.07) is 0. The van der Waals surface area contributed by atoms with Crippen molar-refractivity contribution in [1.82, 2.24) is 0 Å². The fourth-order valence-corrected chi connectivity index (χ4v) is 0.972. The van der Waals surface area contributed by atoms with Crippen LogP contribution in [0.2, 0.25) is 0 Å². The third-order valence-electron chi connectivity index (χ3n) is 1.76. The molecule has 0 aromatic heterocycles. The Labute approximate surface area is 68.0 Å². The van der Waals surface area contributed by atoms with E-state index < -0.39 is 0 Å². The van der Waals surface area contributed by atoms with Crippen molar-refractivity contribution in [2.24, 2.45) is 5.92 Å². The molecule has 2 heteroatoms. The predicted molar refractivity (Wildman–Crippen MR) is 44.4 cm³/mol. The molecule has 0 saturated heterocycles. The summed E-state index contributed by atoms with van der Waals surface area (Å²) in [5, 5.41) is 0. The Kier molecular flexibility index (Phi) is 5.71. The SMILES string of the molecule is CCCC(=O)C(C)CCC=O. The van der Waals surface area contributed by atoms with Crippen molar-refractivity contribution in [2.45, 2.75) is 39.5 Å². The van der Waals surface area contributed by atoms with Gasteiger partial charge in [0.15, 0.2) is 0 Å². The third kappa shape index (κ3) is 4.71. The van der Waals surface area contributed by atoms with E-state index in [-0.39, 0.29) is 11.7 Å². The fraction of sp³-hybridized carbons (Fsp3) is 0.778. The second kappa shape index (κ2) is 6.08. The van der Waals surface area contributed by atoms with Gasteiger partial charge in [0, 0.05) is 18.8 Å². The molecule has 0 aliphatic heterocycles. The van der Waals surface area contributed by atoms with Gasteiger partial charge in [-0.15, -0.1) is 0 Å². The molecule has 0 N–H and O–H groups in total. The van der Waals surface area contributed by atoms with E-state index in [4.69, 9.17) is 0 Å². The molecule has 0 saturated carbocycles. The highest BCUT2D eigenvalue weighted by Crippen LogP contribution is 2.08. The Bertz CT molecular complexity index is 130. The summed E-state index contributed by atoms with van der Waals surface area (Å²) in [4.78, 5) is 21.1. The fourth-order valence-electron chi connectivity index (χ4n) is 0.972. The van der Waals surface area contributed by atoms with E-state index in [0.29, 0.717) is 19.3 Å². The molecule has 0 aromatic carbocycles. The summed E-state index contributed by atoms with van der Waals surface area (Å²) in [5.74, 6) is 0.356. The van der Waals surface area contributed by atoms with Crippen LogP contribution in [0.1, 0.15) is 39.5 Å². The van der Waals surface area contributed by atoms with E-state index in [0.717, 1.165) is 12.7 Å². The van der Waals surface area contributed by atoms with Gasteiger partial charge in [-0.05, 0) is 12.8 Å². The average Bonchev–Trinajstić information content (AvgIpc) is 2.00. The molecule has 1 atom stereocenters. The lowest BCUT2D eigenvalue weighted by Gasteiger charge is -2.06. The van der Waals surface area contributed by atoms with E-state index in [1.54, 1.807) is 0 Å². The molecule has 11 heavy (non-hydrogen) atoms. The summed E-state index contributed by atoms with van der Waals surface area (Å²) in [5.41, 5.74) is 0. The van der Waals surface area contributed by atoms with Gasteiger partial charge in [0.2, 0.25) is 0 Å². The van der Waals surface area contributed by atoms with Gasteiger partial charge < -0.3 is 4.79 Å². The number of Topliss-reactive ketones (excluding diaryl/α,β-unsaturated/α-hetero) is 1. The predicted octanol–water partition coefficient (Wildman–Crippen LogP) is 1.97. The Balaban J connectivity index is 3.54. The molecule has 0 bridgehead atoms. The summed E-state index contributed by atoms with van der Waals surface area (Å²) in [7, 11) is 0. The van der Waals surface area contributed by atoms with Crippen LogP contribution in [0.3, 0.4) is 0 Å². The standard InChI is InChI=1S/C9H16O2/c1-3-5-9(11)8(2)6-4-7-10/h7-8H,3-6H2,1-2H3. The van der Waals surface area contributed by atoms with Gasteiger partial charge in [-0.2, -0.15) is 0 Å². The van der Waals surface area contributed by atoms with Crippen molar-refractivity contribution in [3.8, 4) is 0 Å². The maximum absolute atomic E-state index is 11.1. The zero-order valence-electron chi connectivity index (χ0n) is 7.30. The van der Waals surface area contributed by atoms with Crippen molar-refractivity contribution in [3.05, 3.63) is 0 Å². The van der Waals surface area contributed by atoms with Crippen molar-refractivity contribution in [2.75, 3.05) is 0 Å². The van der Waals surface area contributed by atoms with E-state index >= 15 is 0 Å². The molecule has 0 amide bonds. The summed E-state index contributed by atoms with van der Waals surface area (Å²) in [6.07, 6.45) is 3.65. The van der Waals surface area contributed by atoms with Crippen molar-refractivity contribution in [3.63, 3.8) is 0 Å². The van der Waals surface area contributed by atoms with E-state index in [1.807, 2.05) is 13.8 Å². The van der Waals surface area contributed by atoms with E-state index in [9.17, 15) is 9.59 Å². The molecular formula is C9H16O2. The largest absolute Gasteiger partial charge is 0.303 e. The third-order valence-corrected chi connectivity index (χ3v) is 1.76. The maximum Gasteiger partial charge on any atom is 0.135 e. The Morgan fingerprint density at radius 2 is 2.18 bits per heavy atom. The summed E-state index contributed by atoms with van der Waals surface area (Å²) >= 11 is 0. The molecule has 2 nitrogen and oxygen atoms in total. The van der Waals surface area contributed by atoms with Gasteiger partial charge in [-0.25, -0.2) is 0 Å². The molecule has 0 aliphatic rings. The lowest BCUT2D eigenvalue weighted by atomic mass is 9.98. The Morgan fingerprint density at radius 1 is 1.55 bits per heavy atom. The quantitative estimate of drug-likeness (QED) is 0.551. The second-order valence-electron chi connectivity index (χ2n) is 2.86. The van der Waals surface area contributed by atoms with Crippen LogP contribution in [-0.2, 0) is 9.59 Å². The topological polar surface area (TPSA) is 34.1 Å². The summed E-state index contributed by atoms with van der Waals surface area (Å²) < 4.78 is 0. The van der Waals surface area contributed by atoms with Crippen molar-refractivity contribution in [1.29, 1.82) is 0 Å². The van der Waals surface area contributed by atoms with E-state index in [2.05, 4.69) is 0 Å². The molecule has 0 rings (SSSR count). The van der Waals surface area contributed by atoms with Gasteiger partial charge in [-0.1, -0.05) is 13.8 Å². The smallest absolute Gasteiger partial charge is 0.135 e. The molecule has 0 spiro atoms. The van der Waals surface area contributed by atoms with Crippen LogP contribution < -0.4 is 0 Å². The first kappa shape index (κ1) is 10.3. The molecule has 0 aromatic rings. The molecule has 0 heterocycles. The van der Waals surface area contributed by atoms with Crippen LogP contribution in [0, 0.1) is 5.92 Å². The van der Waals surface area contributed by atoms with Crippen LogP contribution in [0.4, 0.5) is 0 Å². The first-order chi connectivity index (χ1) is 5.22. The van der Waals surface area contributed by atoms with E-state index in [1.165, 1.54) is 0 Å². The zero-order chi connectivity index (χ0) is 8.69. The number of carbonyl (C=O) groups excluding carboxylic acids is 2. The van der Waals surface area contributed by atoms with Crippen LogP contribution in [0.15, 0.2) is 0 Å². The summed E-state index contributed by atoms with van der Waals surface area (Å²) in [6.45, 7) is 3.88. The van der Waals surface area contributed by atoms with Crippen molar-refractivity contribution >= 4 is 12.1 Å². The molecule has 0 radical (unpaired) electrons. The molecule has 64 valence electrons. The Morgan fingerprint density at radius 3 is 2.64 bits per heavy atom. The lowest BCUT2D eigenvalue weighted by Crippen LogP contribution is -2.10. The number of hydrogen-bond acceptors (Lipinski definition) is 2. The van der Waals surface area contributed by atoms with Crippen LogP contribution >= 0.6 is 0 Å². The highest BCUT2D eigenvalue weighted by atomic mass is 16.1. The van der Waals surface area contributed by atoms with Crippen LogP contribution in [0.25, 0.3) is 0 Å². The maximum atomic E-state index is 11.1.